The molecule has 0 aromatic rings. The van der Waals surface area contributed by atoms with Crippen LogP contribution in [0.25, 0.3) is 10.4 Å². The smallest absolute Gasteiger partial charge is 0.312 e. The molecule has 0 spiro atoms. The summed E-state index contributed by atoms with van der Waals surface area (Å²) < 4.78 is 0. The van der Waals surface area contributed by atoms with Gasteiger partial charge >= 0.3 is 5.97 Å². The number of carboxylic acids is 1. The van der Waals surface area contributed by atoms with Crippen LogP contribution in [0.3, 0.4) is 0 Å². The number of nitrogens with zero attached hydrogens (tertiary/aromatic N) is 3. The van der Waals surface area contributed by atoms with Crippen molar-refractivity contribution >= 4 is 11.9 Å². The first-order valence-electron chi connectivity index (χ1n) is 3.13. The number of primary amides is 1. The minimum atomic E-state index is -1.26. The van der Waals surface area contributed by atoms with Gasteiger partial charge in [0.05, 0.1) is 0 Å². The van der Waals surface area contributed by atoms with Crippen LogP contribution in [-0.4, -0.2) is 23.0 Å². The number of azide groups is 1. The summed E-state index contributed by atoms with van der Waals surface area (Å²) in [4.78, 5) is 22.8. The molecule has 0 fully saturated rings. The number of hydrogen-bond donors (Lipinski definition) is 2. The van der Waals surface area contributed by atoms with Crippen molar-refractivity contribution in [3.05, 3.63) is 10.4 Å². The zero-order chi connectivity index (χ0) is 9.56. The van der Waals surface area contributed by atoms with Gasteiger partial charge in [-0.25, -0.2) is 0 Å². The van der Waals surface area contributed by atoms with Gasteiger partial charge in [0.25, 0.3) is 0 Å². The summed E-state index contributed by atoms with van der Waals surface area (Å²) in [5, 5.41) is 11.4. The minimum absolute atomic E-state index is 0.0608. The standard InChI is InChI=1S/C5H8N4O3/c6-4(10)2-1-3(5(11)12)8-9-7/h3H,1-2H2,(H2,6,10)(H,11,12)/t3-/m1/s1. The van der Waals surface area contributed by atoms with Crippen LogP contribution in [0.5, 0.6) is 0 Å². The largest absolute Gasteiger partial charge is 0.481 e. The predicted molar refractivity (Wildman–Crippen MR) is 39.0 cm³/mol. The summed E-state index contributed by atoms with van der Waals surface area (Å²) in [7, 11) is 0. The Bertz CT molecular complexity index is 231. The fourth-order valence-corrected chi connectivity index (χ4v) is 0.572. The number of aliphatic carboxylic acids is 1. The maximum Gasteiger partial charge on any atom is 0.312 e. The zero-order valence-corrected chi connectivity index (χ0v) is 6.17. The molecule has 3 N–H and O–H groups in total. The van der Waals surface area contributed by atoms with E-state index in [2.05, 4.69) is 10.0 Å². The normalized spacial score (nSPS) is 11.3. The fraction of sp³-hybridized carbons (Fsp3) is 0.600. The molecule has 7 nitrogen and oxygen atoms in total. The summed E-state index contributed by atoms with van der Waals surface area (Å²) in [6.45, 7) is 0. The molecular formula is C5H8N4O3. The first-order valence-corrected chi connectivity index (χ1v) is 3.13. The highest BCUT2D eigenvalue weighted by Crippen LogP contribution is 2.01. The Morgan fingerprint density at radius 1 is 1.67 bits per heavy atom. The lowest BCUT2D eigenvalue weighted by atomic mass is 10.2. The summed E-state index contributed by atoms with van der Waals surface area (Å²) in [6.07, 6.45) is -0.162. The lowest BCUT2D eigenvalue weighted by Gasteiger charge is -2.01. The van der Waals surface area contributed by atoms with E-state index >= 15 is 0 Å². The number of carbonyl (C=O) groups excluding carboxylic acids is 1. The minimum Gasteiger partial charge on any atom is -0.481 e. The van der Waals surface area contributed by atoms with E-state index in [9.17, 15) is 9.59 Å². The third kappa shape index (κ3) is 4.13. The topological polar surface area (TPSA) is 129 Å². The number of rotatable bonds is 5. The van der Waals surface area contributed by atoms with Gasteiger partial charge in [-0.1, -0.05) is 5.11 Å². The Hall–Kier alpha value is -1.75. The molecule has 0 unspecified atom stereocenters. The molecule has 0 saturated heterocycles. The number of nitrogens with two attached hydrogens (primary N) is 1. The van der Waals surface area contributed by atoms with Crippen LogP contribution in [0.15, 0.2) is 5.11 Å². The van der Waals surface area contributed by atoms with Gasteiger partial charge in [-0.2, -0.15) is 0 Å². The number of carbonyl (C=O) groups is 2. The molecule has 0 heterocycles. The first-order chi connectivity index (χ1) is 5.57. The van der Waals surface area contributed by atoms with E-state index in [1.54, 1.807) is 0 Å². The summed E-state index contributed by atoms with van der Waals surface area (Å²) in [5.41, 5.74) is 12.7. The second-order valence-electron chi connectivity index (χ2n) is 2.06. The molecule has 0 bridgehead atoms. The van der Waals surface area contributed by atoms with Crippen molar-refractivity contribution in [3.8, 4) is 0 Å². The van der Waals surface area contributed by atoms with E-state index in [1.807, 2.05) is 0 Å². The second-order valence-corrected chi connectivity index (χ2v) is 2.06. The van der Waals surface area contributed by atoms with Gasteiger partial charge in [0.1, 0.15) is 6.04 Å². The van der Waals surface area contributed by atoms with Gasteiger partial charge in [-0.15, -0.1) is 0 Å². The fourth-order valence-electron chi connectivity index (χ4n) is 0.572. The van der Waals surface area contributed by atoms with Gasteiger partial charge in [-0.05, 0) is 12.0 Å². The number of hydrogen-bond acceptors (Lipinski definition) is 3. The van der Waals surface area contributed by atoms with Crippen molar-refractivity contribution in [1.29, 1.82) is 0 Å². The van der Waals surface area contributed by atoms with Gasteiger partial charge in [0, 0.05) is 11.3 Å². The van der Waals surface area contributed by atoms with Crippen LogP contribution in [0.1, 0.15) is 12.8 Å². The number of amides is 1. The zero-order valence-electron chi connectivity index (χ0n) is 6.17. The Morgan fingerprint density at radius 2 is 2.25 bits per heavy atom. The van der Waals surface area contributed by atoms with Crippen LogP contribution in [0, 0.1) is 0 Å². The predicted octanol–water partition coefficient (Wildman–Crippen LogP) is 0.0154. The monoisotopic (exact) mass is 172 g/mol. The maximum absolute atomic E-state index is 10.3. The van der Waals surface area contributed by atoms with E-state index in [4.69, 9.17) is 16.4 Å². The van der Waals surface area contributed by atoms with Crippen molar-refractivity contribution in [2.75, 3.05) is 0 Å². The lowest BCUT2D eigenvalue weighted by molar-refractivity contribution is -0.138. The maximum atomic E-state index is 10.3. The highest BCUT2D eigenvalue weighted by atomic mass is 16.4. The Labute approximate surface area is 67.8 Å². The molecule has 0 aromatic heterocycles. The molecule has 0 aromatic carbocycles. The highest BCUT2D eigenvalue weighted by molar-refractivity contribution is 5.77. The van der Waals surface area contributed by atoms with Gasteiger partial charge < -0.3 is 10.8 Å². The van der Waals surface area contributed by atoms with Gasteiger partial charge in [0.15, 0.2) is 0 Å². The van der Waals surface area contributed by atoms with Crippen LogP contribution >= 0.6 is 0 Å². The van der Waals surface area contributed by atoms with E-state index < -0.39 is 17.9 Å². The average Bonchev–Trinajstić information content (AvgIpc) is 1.96. The molecule has 1 amide bonds. The third-order valence-corrected chi connectivity index (χ3v) is 1.14. The van der Waals surface area contributed by atoms with Crippen LogP contribution in [0.2, 0.25) is 0 Å². The Balaban J connectivity index is 4.05. The molecule has 7 heteroatoms. The summed E-state index contributed by atoms with van der Waals surface area (Å²) >= 11 is 0. The van der Waals surface area contributed by atoms with Crippen LogP contribution < -0.4 is 5.73 Å². The summed E-state index contributed by atoms with van der Waals surface area (Å²) in [6, 6.07) is -1.21. The quantitative estimate of drug-likeness (QED) is 0.344. The molecule has 1 atom stereocenters. The van der Waals surface area contributed by atoms with Crippen molar-refractivity contribution in [3.63, 3.8) is 0 Å². The van der Waals surface area contributed by atoms with E-state index in [0.29, 0.717) is 0 Å². The van der Waals surface area contributed by atoms with Crippen molar-refractivity contribution in [2.24, 2.45) is 10.8 Å². The van der Waals surface area contributed by atoms with Gasteiger partial charge in [0.2, 0.25) is 5.91 Å². The first kappa shape index (κ1) is 10.2. The number of carboxylic acid groups (broad SMARTS) is 1. The molecule has 0 radical (unpaired) electrons. The van der Waals surface area contributed by atoms with Crippen molar-refractivity contribution < 1.29 is 14.7 Å². The lowest BCUT2D eigenvalue weighted by Crippen LogP contribution is -2.20. The van der Waals surface area contributed by atoms with Crippen LogP contribution in [-0.2, 0) is 9.59 Å². The van der Waals surface area contributed by atoms with Crippen molar-refractivity contribution in [2.45, 2.75) is 18.9 Å². The third-order valence-electron chi connectivity index (χ3n) is 1.14. The van der Waals surface area contributed by atoms with Crippen LogP contribution in [0.4, 0.5) is 0 Å². The van der Waals surface area contributed by atoms with Crippen molar-refractivity contribution in [1.82, 2.24) is 0 Å². The summed E-state index contributed by atoms with van der Waals surface area (Å²) in [5.74, 6) is -1.87. The Kier molecular flexibility index (Phi) is 4.25. The van der Waals surface area contributed by atoms with E-state index in [1.165, 1.54) is 0 Å². The van der Waals surface area contributed by atoms with Gasteiger partial charge in [-0.3, -0.25) is 9.59 Å². The molecule has 0 aliphatic rings. The van der Waals surface area contributed by atoms with E-state index in [-0.39, 0.29) is 12.8 Å². The molecule has 0 saturated carbocycles. The molecule has 66 valence electrons. The highest BCUT2D eigenvalue weighted by Gasteiger charge is 2.15. The molecule has 12 heavy (non-hydrogen) atoms. The second kappa shape index (κ2) is 4.97. The SMILES string of the molecule is [N-]=[N+]=N[C@H](CCC(N)=O)C(=O)O. The van der Waals surface area contributed by atoms with E-state index in [0.717, 1.165) is 0 Å². The molecule has 0 aliphatic carbocycles. The Morgan fingerprint density at radius 3 is 2.58 bits per heavy atom. The molecular weight excluding hydrogens is 164 g/mol. The molecule has 0 aliphatic heterocycles. The molecule has 0 rings (SSSR count). The average molecular weight is 172 g/mol.